The van der Waals surface area contributed by atoms with Gasteiger partial charge in [0.2, 0.25) is 0 Å². The van der Waals surface area contributed by atoms with Crippen LogP contribution in [0.3, 0.4) is 0 Å². The third-order valence-corrected chi connectivity index (χ3v) is 3.28. The molecule has 6 heteroatoms. The molecule has 1 heterocycles. The lowest BCUT2D eigenvalue weighted by Gasteiger charge is -2.25. The first-order chi connectivity index (χ1) is 8.41. The highest BCUT2D eigenvalue weighted by atomic mass is 35.5. The van der Waals surface area contributed by atoms with Crippen LogP contribution in [0.15, 0.2) is 12.3 Å². The van der Waals surface area contributed by atoms with Gasteiger partial charge in [0.15, 0.2) is 0 Å². The highest BCUT2D eigenvalue weighted by Gasteiger charge is 2.22. The lowest BCUT2D eigenvalue weighted by molar-refractivity contribution is 0.0456. The largest absolute Gasteiger partial charge is 0.478 e. The molecule has 1 aromatic rings. The number of carboxylic acid groups (broad SMARTS) is 1. The molecule has 0 saturated carbocycles. The number of nitrogens with zero attached hydrogens (tertiary/aromatic N) is 1. The van der Waals surface area contributed by atoms with Crippen LogP contribution >= 0.6 is 11.6 Å². The zero-order chi connectivity index (χ0) is 13.8. The van der Waals surface area contributed by atoms with E-state index in [1.54, 1.807) is 0 Å². The maximum absolute atomic E-state index is 10.7. The fourth-order valence-electron chi connectivity index (χ4n) is 1.43. The summed E-state index contributed by atoms with van der Waals surface area (Å²) in [5.74, 6) is -0.698. The summed E-state index contributed by atoms with van der Waals surface area (Å²) >= 11 is 5.92. The molecule has 3 N–H and O–H groups in total. The SMILES string of the molecule is CCC(O)(CC)CNc1ncc(C(=O)O)cc1Cl. The van der Waals surface area contributed by atoms with Crippen LogP contribution in [-0.2, 0) is 0 Å². The summed E-state index contributed by atoms with van der Waals surface area (Å²) in [5, 5.41) is 22.0. The minimum absolute atomic E-state index is 0.0341. The van der Waals surface area contributed by atoms with E-state index in [0.29, 0.717) is 25.2 Å². The van der Waals surface area contributed by atoms with Gasteiger partial charge in [-0.3, -0.25) is 0 Å². The Labute approximate surface area is 111 Å². The summed E-state index contributed by atoms with van der Waals surface area (Å²) in [6.07, 6.45) is 2.45. The van der Waals surface area contributed by atoms with Gasteiger partial charge < -0.3 is 15.5 Å². The summed E-state index contributed by atoms with van der Waals surface area (Å²) in [6, 6.07) is 1.33. The van der Waals surface area contributed by atoms with Crippen molar-refractivity contribution >= 4 is 23.4 Å². The number of nitrogens with one attached hydrogen (secondary N) is 1. The summed E-state index contributed by atoms with van der Waals surface area (Å²) in [4.78, 5) is 14.7. The second kappa shape index (κ2) is 6.02. The fourth-order valence-corrected chi connectivity index (χ4v) is 1.67. The van der Waals surface area contributed by atoms with E-state index in [4.69, 9.17) is 16.7 Å². The van der Waals surface area contributed by atoms with E-state index in [9.17, 15) is 9.90 Å². The van der Waals surface area contributed by atoms with E-state index in [1.807, 2.05) is 13.8 Å². The molecule has 0 aliphatic rings. The Morgan fingerprint density at radius 2 is 2.11 bits per heavy atom. The molecular weight excluding hydrogens is 256 g/mol. The van der Waals surface area contributed by atoms with Gasteiger partial charge in [-0.05, 0) is 18.9 Å². The van der Waals surface area contributed by atoms with E-state index >= 15 is 0 Å². The normalized spacial score (nSPS) is 11.3. The van der Waals surface area contributed by atoms with Crippen LogP contribution in [0.4, 0.5) is 5.82 Å². The lowest BCUT2D eigenvalue weighted by Crippen LogP contribution is -2.35. The molecule has 5 nitrogen and oxygen atoms in total. The predicted molar refractivity (Wildman–Crippen MR) is 70.2 cm³/mol. The number of carboxylic acids is 1. The summed E-state index contributed by atoms with van der Waals surface area (Å²) in [5.41, 5.74) is -0.775. The third-order valence-electron chi connectivity index (χ3n) is 2.99. The molecule has 18 heavy (non-hydrogen) atoms. The number of rotatable bonds is 6. The molecule has 0 bridgehead atoms. The predicted octanol–water partition coefficient (Wildman–Crippen LogP) is 2.40. The maximum atomic E-state index is 10.7. The molecule has 0 amide bonds. The van der Waals surface area contributed by atoms with Gasteiger partial charge in [-0.1, -0.05) is 25.4 Å². The number of carbonyl (C=O) groups is 1. The van der Waals surface area contributed by atoms with Crippen molar-refractivity contribution in [3.63, 3.8) is 0 Å². The third kappa shape index (κ3) is 3.58. The minimum atomic E-state index is -1.07. The molecule has 1 aromatic heterocycles. The first-order valence-electron chi connectivity index (χ1n) is 5.77. The van der Waals surface area contributed by atoms with Crippen LogP contribution in [0.25, 0.3) is 0 Å². The Balaban J connectivity index is 2.77. The van der Waals surface area contributed by atoms with Crippen molar-refractivity contribution in [3.8, 4) is 0 Å². The molecule has 0 unspecified atom stereocenters. The van der Waals surface area contributed by atoms with Gasteiger partial charge in [0.25, 0.3) is 0 Å². The number of pyridine rings is 1. The standard InChI is InChI=1S/C12H17ClN2O3/c1-3-12(18,4-2)7-15-10-9(13)5-8(6-14-10)11(16)17/h5-6,18H,3-4,7H2,1-2H3,(H,14,15)(H,16,17). The number of aromatic carboxylic acids is 1. The van der Waals surface area contributed by atoms with Crippen LogP contribution in [0.5, 0.6) is 0 Å². The van der Waals surface area contributed by atoms with Crippen LogP contribution < -0.4 is 5.32 Å². The van der Waals surface area contributed by atoms with E-state index in [0.717, 1.165) is 0 Å². The zero-order valence-electron chi connectivity index (χ0n) is 10.4. The Morgan fingerprint density at radius 3 is 2.56 bits per heavy atom. The van der Waals surface area contributed by atoms with Gasteiger partial charge in [0.05, 0.1) is 16.2 Å². The number of halogens is 1. The van der Waals surface area contributed by atoms with Gasteiger partial charge in [-0.15, -0.1) is 0 Å². The molecule has 0 atom stereocenters. The highest BCUT2D eigenvalue weighted by Crippen LogP contribution is 2.22. The van der Waals surface area contributed by atoms with Gasteiger partial charge in [0.1, 0.15) is 5.82 Å². The van der Waals surface area contributed by atoms with Crippen molar-refractivity contribution in [2.45, 2.75) is 32.3 Å². The van der Waals surface area contributed by atoms with Crippen molar-refractivity contribution in [1.29, 1.82) is 0 Å². The topological polar surface area (TPSA) is 82.5 Å². The van der Waals surface area contributed by atoms with Crippen LogP contribution in [0, 0.1) is 0 Å². The van der Waals surface area contributed by atoms with E-state index in [1.165, 1.54) is 12.3 Å². The second-order valence-electron chi connectivity index (χ2n) is 4.14. The first-order valence-corrected chi connectivity index (χ1v) is 6.14. The Morgan fingerprint density at radius 1 is 1.50 bits per heavy atom. The summed E-state index contributed by atoms with van der Waals surface area (Å²) in [6.45, 7) is 4.11. The summed E-state index contributed by atoms with van der Waals surface area (Å²) in [7, 11) is 0. The summed E-state index contributed by atoms with van der Waals surface area (Å²) < 4.78 is 0. The molecule has 0 saturated heterocycles. The van der Waals surface area contributed by atoms with Gasteiger partial charge in [-0.25, -0.2) is 9.78 Å². The van der Waals surface area contributed by atoms with E-state index in [2.05, 4.69) is 10.3 Å². The molecule has 100 valence electrons. The Hall–Kier alpha value is -1.33. The van der Waals surface area contributed by atoms with Crippen molar-refractivity contribution in [2.75, 3.05) is 11.9 Å². The minimum Gasteiger partial charge on any atom is -0.478 e. The van der Waals surface area contributed by atoms with E-state index < -0.39 is 11.6 Å². The number of aromatic nitrogens is 1. The van der Waals surface area contributed by atoms with Crippen LogP contribution in [-0.4, -0.2) is 33.3 Å². The Bertz CT molecular complexity index is 433. The number of hydrogen-bond donors (Lipinski definition) is 3. The smallest absolute Gasteiger partial charge is 0.337 e. The first kappa shape index (κ1) is 14.7. The number of anilines is 1. The molecule has 0 spiro atoms. The van der Waals surface area contributed by atoms with Crippen LogP contribution in [0.2, 0.25) is 5.02 Å². The lowest BCUT2D eigenvalue weighted by atomic mass is 9.98. The van der Waals surface area contributed by atoms with Gasteiger partial charge >= 0.3 is 5.97 Å². The highest BCUT2D eigenvalue weighted by molar-refractivity contribution is 6.33. The Kier molecular flexibility index (Phi) is 4.93. The van der Waals surface area contributed by atoms with Crippen molar-refractivity contribution in [1.82, 2.24) is 4.98 Å². The fraction of sp³-hybridized carbons (Fsp3) is 0.500. The average Bonchev–Trinajstić information content (AvgIpc) is 2.36. The molecule has 0 fully saturated rings. The average molecular weight is 273 g/mol. The number of aliphatic hydroxyl groups is 1. The molecular formula is C12H17ClN2O3. The molecule has 0 aromatic carbocycles. The molecule has 0 aliphatic heterocycles. The van der Waals surface area contributed by atoms with Crippen LogP contribution in [0.1, 0.15) is 37.0 Å². The van der Waals surface area contributed by atoms with Crippen molar-refractivity contribution in [3.05, 3.63) is 22.8 Å². The van der Waals surface area contributed by atoms with E-state index in [-0.39, 0.29) is 10.6 Å². The van der Waals surface area contributed by atoms with Gasteiger partial charge in [0, 0.05) is 12.7 Å². The van der Waals surface area contributed by atoms with Gasteiger partial charge in [-0.2, -0.15) is 0 Å². The second-order valence-corrected chi connectivity index (χ2v) is 4.55. The molecule has 0 radical (unpaired) electrons. The zero-order valence-corrected chi connectivity index (χ0v) is 11.2. The van der Waals surface area contributed by atoms with Crippen molar-refractivity contribution in [2.24, 2.45) is 0 Å². The number of hydrogen-bond acceptors (Lipinski definition) is 4. The quantitative estimate of drug-likeness (QED) is 0.741. The molecule has 0 aliphatic carbocycles. The maximum Gasteiger partial charge on any atom is 0.337 e. The monoisotopic (exact) mass is 272 g/mol. The van der Waals surface area contributed by atoms with Crippen molar-refractivity contribution < 1.29 is 15.0 Å². The molecule has 1 rings (SSSR count).